The Morgan fingerprint density at radius 3 is 2.65 bits per heavy atom. The maximum atomic E-state index is 13.2. The molecule has 1 atom stereocenters. The molecule has 1 saturated carbocycles. The Labute approximate surface area is 152 Å². The minimum absolute atomic E-state index is 0.0783. The van der Waals surface area contributed by atoms with Crippen LogP contribution in [-0.2, 0) is 7.05 Å². The van der Waals surface area contributed by atoms with Crippen molar-refractivity contribution in [3.63, 3.8) is 0 Å². The summed E-state index contributed by atoms with van der Waals surface area (Å²) in [6.07, 6.45) is 3.74. The van der Waals surface area contributed by atoms with Crippen LogP contribution in [-0.4, -0.2) is 25.7 Å². The fraction of sp³-hybridized carbons (Fsp3) is 0.400. The third-order valence-corrected chi connectivity index (χ3v) is 5.03. The van der Waals surface area contributed by atoms with Crippen LogP contribution in [0.4, 0.5) is 0 Å². The average Bonchev–Trinajstić information content (AvgIpc) is 3.34. The molecule has 6 heteroatoms. The van der Waals surface area contributed by atoms with Gasteiger partial charge in [-0.1, -0.05) is 11.6 Å². The number of pyridine rings is 1. The Hall–Kier alpha value is -2.76. The SMILES string of the molecule is Cc1cc(C)c2nc(C)cc(C(=O)NC(c3ncnn3C)C3CC3)c2c1. The molecule has 2 heterocycles. The van der Waals surface area contributed by atoms with Gasteiger partial charge < -0.3 is 5.32 Å². The summed E-state index contributed by atoms with van der Waals surface area (Å²) in [5.74, 6) is 1.16. The number of nitrogens with one attached hydrogen (secondary N) is 1. The van der Waals surface area contributed by atoms with Crippen molar-refractivity contribution < 1.29 is 4.79 Å². The van der Waals surface area contributed by atoms with E-state index in [-0.39, 0.29) is 11.9 Å². The molecule has 6 nitrogen and oxygen atoms in total. The predicted octanol–water partition coefficient (Wildman–Crippen LogP) is 3.17. The van der Waals surface area contributed by atoms with Gasteiger partial charge in [-0.2, -0.15) is 5.10 Å². The largest absolute Gasteiger partial charge is 0.342 e. The maximum Gasteiger partial charge on any atom is 0.252 e. The minimum atomic E-state index is -0.107. The lowest BCUT2D eigenvalue weighted by molar-refractivity contribution is 0.0930. The van der Waals surface area contributed by atoms with E-state index in [1.54, 1.807) is 4.68 Å². The monoisotopic (exact) mass is 349 g/mol. The molecule has 0 saturated heterocycles. The first-order chi connectivity index (χ1) is 12.4. The third-order valence-electron chi connectivity index (χ3n) is 5.03. The minimum Gasteiger partial charge on any atom is -0.342 e. The highest BCUT2D eigenvalue weighted by atomic mass is 16.1. The van der Waals surface area contributed by atoms with Crippen molar-refractivity contribution in [2.24, 2.45) is 13.0 Å². The summed E-state index contributed by atoms with van der Waals surface area (Å²) in [6, 6.07) is 5.91. The van der Waals surface area contributed by atoms with Gasteiger partial charge in [-0.3, -0.25) is 14.5 Å². The van der Waals surface area contributed by atoms with Crippen LogP contribution in [0.3, 0.4) is 0 Å². The van der Waals surface area contributed by atoms with Crippen molar-refractivity contribution in [2.75, 3.05) is 0 Å². The molecule has 0 radical (unpaired) electrons. The van der Waals surface area contributed by atoms with Crippen molar-refractivity contribution in [2.45, 2.75) is 39.7 Å². The van der Waals surface area contributed by atoms with E-state index in [1.165, 1.54) is 6.33 Å². The molecule has 0 aliphatic heterocycles. The molecule has 1 aliphatic rings. The highest BCUT2D eigenvalue weighted by molar-refractivity contribution is 6.07. The molecule has 0 spiro atoms. The van der Waals surface area contributed by atoms with Gasteiger partial charge in [0.25, 0.3) is 5.91 Å². The second-order valence-corrected chi connectivity index (χ2v) is 7.32. The number of hydrogen-bond acceptors (Lipinski definition) is 4. The second-order valence-electron chi connectivity index (χ2n) is 7.32. The van der Waals surface area contributed by atoms with Crippen LogP contribution in [0.5, 0.6) is 0 Å². The molecule has 1 N–H and O–H groups in total. The van der Waals surface area contributed by atoms with Gasteiger partial charge in [0.2, 0.25) is 0 Å². The molecule has 1 fully saturated rings. The maximum absolute atomic E-state index is 13.2. The van der Waals surface area contributed by atoms with Gasteiger partial charge in [0, 0.05) is 18.1 Å². The third kappa shape index (κ3) is 2.96. The van der Waals surface area contributed by atoms with Gasteiger partial charge in [0.15, 0.2) is 0 Å². The van der Waals surface area contributed by atoms with E-state index >= 15 is 0 Å². The fourth-order valence-electron chi connectivity index (χ4n) is 3.63. The van der Waals surface area contributed by atoms with Crippen LogP contribution in [0, 0.1) is 26.7 Å². The molecule has 26 heavy (non-hydrogen) atoms. The van der Waals surface area contributed by atoms with Crippen LogP contribution < -0.4 is 5.32 Å². The van der Waals surface area contributed by atoms with Crippen LogP contribution in [0.15, 0.2) is 24.5 Å². The molecule has 0 bridgehead atoms. The number of amides is 1. The Morgan fingerprint density at radius 2 is 2.00 bits per heavy atom. The van der Waals surface area contributed by atoms with Gasteiger partial charge >= 0.3 is 0 Å². The number of aromatic nitrogens is 4. The van der Waals surface area contributed by atoms with Crippen LogP contribution >= 0.6 is 0 Å². The number of aryl methyl sites for hydroxylation is 4. The van der Waals surface area contributed by atoms with Gasteiger partial charge in [0.05, 0.1) is 17.1 Å². The van der Waals surface area contributed by atoms with E-state index in [0.29, 0.717) is 11.5 Å². The van der Waals surface area contributed by atoms with Crippen LogP contribution in [0.25, 0.3) is 10.9 Å². The number of carbonyl (C=O) groups is 1. The number of fused-ring (bicyclic) bond motifs is 1. The Balaban J connectivity index is 1.75. The van der Waals surface area contributed by atoms with Crippen molar-refractivity contribution in [3.8, 4) is 0 Å². The zero-order chi connectivity index (χ0) is 18.4. The average molecular weight is 349 g/mol. The van der Waals surface area contributed by atoms with Gasteiger partial charge in [0.1, 0.15) is 12.2 Å². The summed E-state index contributed by atoms with van der Waals surface area (Å²) < 4.78 is 1.74. The summed E-state index contributed by atoms with van der Waals surface area (Å²) in [4.78, 5) is 22.2. The topological polar surface area (TPSA) is 72.7 Å². The van der Waals surface area contributed by atoms with E-state index < -0.39 is 0 Å². The van der Waals surface area contributed by atoms with Crippen molar-refractivity contribution in [1.82, 2.24) is 25.1 Å². The number of rotatable bonds is 4. The predicted molar refractivity (Wildman–Crippen MR) is 99.9 cm³/mol. The molecule has 1 amide bonds. The first-order valence-corrected chi connectivity index (χ1v) is 8.97. The zero-order valence-electron chi connectivity index (χ0n) is 15.6. The van der Waals surface area contributed by atoms with E-state index in [4.69, 9.17) is 0 Å². The van der Waals surface area contributed by atoms with Crippen molar-refractivity contribution >= 4 is 16.8 Å². The molecule has 1 unspecified atom stereocenters. The summed E-state index contributed by atoms with van der Waals surface area (Å²) in [5, 5.41) is 8.27. The Kier molecular flexibility index (Phi) is 3.98. The second kappa shape index (κ2) is 6.20. The van der Waals surface area contributed by atoms with Gasteiger partial charge in [-0.05, 0) is 57.2 Å². The smallest absolute Gasteiger partial charge is 0.252 e. The molecule has 3 aromatic rings. The molecule has 134 valence electrons. The highest BCUT2D eigenvalue weighted by Gasteiger charge is 2.36. The number of benzene rings is 1. The zero-order valence-corrected chi connectivity index (χ0v) is 15.6. The standard InChI is InChI=1S/C20H23N5O/c1-11-7-12(2)17-15(8-11)16(9-13(3)23-17)20(26)24-18(14-5-6-14)19-21-10-22-25(19)4/h7-10,14,18H,5-6H2,1-4H3,(H,24,26). The fourth-order valence-corrected chi connectivity index (χ4v) is 3.63. The number of carbonyl (C=O) groups excluding carboxylic acids is 1. The Bertz CT molecular complexity index is 1000. The summed E-state index contributed by atoms with van der Waals surface area (Å²) in [5.41, 5.74) is 4.62. The summed E-state index contributed by atoms with van der Waals surface area (Å²) >= 11 is 0. The van der Waals surface area contributed by atoms with Crippen molar-refractivity contribution in [1.29, 1.82) is 0 Å². The molecule has 1 aliphatic carbocycles. The van der Waals surface area contributed by atoms with Crippen molar-refractivity contribution in [3.05, 3.63) is 52.7 Å². The van der Waals surface area contributed by atoms with E-state index in [0.717, 1.165) is 46.4 Å². The van der Waals surface area contributed by atoms with E-state index in [2.05, 4.69) is 26.4 Å². The number of nitrogens with zero attached hydrogens (tertiary/aromatic N) is 4. The molecule has 2 aromatic heterocycles. The first kappa shape index (κ1) is 16.7. The quantitative estimate of drug-likeness (QED) is 0.785. The molecule has 4 rings (SSSR count). The highest BCUT2D eigenvalue weighted by Crippen LogP contribution is 2.40. The molecular formula is C20H23N5O. The summed E-state index contributed by atoms with van der Waals surface area (Å²) in [6.45, 7) is 6.01. The first-order valence-electron chi connectivity index (χ1n) is 8.97. The molecular weight excluding hydrogens is 326 g/mol. The molecule has 1 aromatic carbocycles. The van der Waals surface area contributed by atoms with Crippen LogP contribution in [0.2, 0.25) is 0 Å². The lowest BCUT2D eigenvalue weighted by Gasteiger charge is -2.18. The van der Waals surface area contributed by atoms with E-state index in [9.17, 15) is 4.79 Å². The Morgan fingerprint density at radius 1 is 1.23 bits per heavy atom. The van der Waals surface area contributed by atoms with Gasteiger partial charge in [-0.25, -0.2) is 4.98 Å². The normalized spacial score (nSPS) is 15.2. The summed E-state index contributed by atoms with van der Waals surface area (Å²) in [7, 11) is 1.86. The van der Waals surface area contributed by atoms with Gasteiger partial charge in [-0.15, -0.1) is 0 Å². The lowest BCUT2D eigenvalue weighted by Crippen LogP contribution is -2.32. The number of hydrogen-bond donors (Lipinski definition) is 1. The van der Waals surface area contributed by atoms with Crippen LogP contribution in [0.1, 0.15) is 51.9 Å². The van der Waals surface area contributed by atoms with E-state index in [1.807, 2.05) is 40.0 Å². The lowest BCUT2D eigenvalue weighted by atomic mass is 10.0.